The zero-order valence-corrected chi connectivity index (χ0v) is 16.9. The molecule has 7 heteroatoms. The zero-order valence-electron chi connectivity index (χ0n) is 16.9. The van der Waals surface area contributed by atoms with Gasteiger partial charge in [0.2, 0.25) is 0 Å². The Hall–Kier alpha value is -3.22. The molecule has 152 valence electrons. The highest BCUT2D eigenvalue weighted by atomic mass is 16.6. The largest absolute Gasteiger partial charge is 0.504 e. The third-order valence-corrected chi connectivity index (χ3v) is 5.12. The van der Waals surface area contributed by atoms with Crippen molar-refractivity contribution in [2.75, 3.05) is 23.5 Å². The van der Waals surface area contributed by atoms with E-state index in [0.29, 0.717) is 12.1 Å². The highest BCUT2D eigenvalue weighted by molar-refractivity contribution is 6.14. The van der Waals surface area contributed by atoms with Crippen LogP contribution >= 0.6 is 0 Å². The Labute approximate surface area is 169 Å². The molecule has 2 aliphatic heterocycles. The van der Waals surface area contributed by atoms with E-state index < -0.39 is 11.7 Å². The van der Waals surface area contributed by atoms with Gasteiger partial charge in [-0.3, -0.25) is 9.69 Å². The van der Waals surface area contributed by atoms with Gasteiger partial charge in [0, 0.05) is 11.8 Å². The fourth-order valence-corrected chi connectivity index (χ4v) is 3.93. The minimum absolute atomic E-state index is 0.143. The molecule has 0 aromatic heterocycles. The number of carbonyl (C=O) groups excluding carboxylic acids is 2. The van der Waals surface area contributed by atoms with E-state index in [9.17, 15) is 14.7 Å². The molecule has 0 aliphatic carbocycles. The van der Waals surface area contributed by atoms with Crippen LogP contribution < -0.4 is 14.5 Å². The summed E-state index contributed by atoms with van der Waals surface area (Å²) in [5.41, 5.74) is 1.80. The average molecular weight is 396 g/mol. The summed E-state index contributed by atoms with van der Waals surface area (Å²) < 4.78 is 10.8. The van der Waals surface area contributed by atoms with Crippen LogP contribution in [0.3, 0.4) is 0 Å². The molecule has 0 radical (unpaired) electrons. The standard InChI is InChI=1S/C22H24N2O5/c1-22(2,3)29-21(27)23-12-14-9-13-7-5-6-8-16(13)24(14)20(26)15-10-19(28-4)18(25)11-17(15)23/h5-8,10-11,14,25H,9,12H2,1-4H3/t14-/m0/s1. The van der Waals surface area contributed by atoms with Gasteiger partial charge in [-0.1, -0.05) is 18.2 Å². The van der Waals surface area contributed by atoms with Crippen molar-refractivity contribution in [1.29, 1.82) is 0 Å². The number of ether oxygens (including phenoxy) is 2. The molecule has 7 nitrogen and oxygen atoms in total. The van der Waals surface area contributed by atoms with Crippen LogP contribution in [-0.4, -0.2) is 42.4 Å². The molecule has 2 aromatic carbocycles. The molecule has 0 fully saturated rings. The number of rotatable bonds is 1. The van der Waals surface area contributed by atoms with Gasteiger partial charge in [0.1, 0.15) is 5.60 Å². The first-order valence-electron chi connectivity index (χ1n) is 9.52. The lowest BCUT2D eigenvalue weighted by atomic mass is 10.1. The second-order valence-electron chi connectivity index (χ2n) is 8.29. The predicted octanol–water partition coefficient (Wildman–Crippen LogP) is 3.73. The van der Waals surface area contributed by atoms with Crippen molar-refractivity contribution in [2.24, 2.45) is 0 Å². The fraction of sp³-hybridized carbons (Fsp3) is 0.364. The number of benzene rings is 2. The maximum absolute atomic E-state index is 13.5. The van der Waals surface area contributed by atoms with E-state index in [1.165, 1.54) is 24.1 Å². The summed E-state index contributed by atoms with van der Waals surface area (Å²) in [7, 11) is 1.42. The number of amides is 2. The molecule has 29 heavy (non-hydrogen) atoms. The highest BCUT2D eigenvalue weighted by Gasteiger charge is 2.42. The van der Waals surface area contributed by atoms with Gasteiger partial charge in [-0.15, -0.1) is 0 Å². The lowest BCUT2D eigenvalue weighted by Crippen LogP contribution is -2.45. The summed E-state index contributed by atoms with van der Waals surface area (Å²) >= 11 is 0. The van der Waals surface area contributed by atoms with Gasteiger partial charge in [-0.05, 0) is 44.9 Å². The number of anilines is 2. The summed E-state index contributed by atoms with van der Waals surface area (Å²) in [5.74, 6) is -0.207. The fourth-order valence-electron chi connectivity index (χ4n) is 3.93. The van der Waals surface area contributed by atoms with Crippen molar-refractivity contribution < 1.29 is 24.2 Å². The lowest BCUT2D eigenvalue weighted by molar-refractivity contribution is 0.0578. The second kappa shape index (κ2) is 6.69. The Morgan fingerprint density at radius 3 is 2.59 bits per heavy atom. The van der Waals surface area contributed by atoms with Gasteiger partial charge < -0.3 is 19.5 Å². The quantitative estimate of drug-likeness (QED) is 0.795. The van der Waals surface area contributed by atoms with Gasteiger partial charge in [0.05, 0.1) is 30.9 Å². The van der Waals surface area contributed by atoms with Crippen molar-refractivity contribution >= 4 is 23.4 Å². The zero-order chi connectivity index (χ0) is 20.9. The molecule has 2 aromatic rings. The maximum Gasteiger partial charge on any atom is 0.414 e. The topological polar surface area (TPSA) is 79.3 Å². The SMILES string of the molecule is COc1cc2c(cc1O)N(C(=O)OC(C)(C)C)C[C@@H]1Cc3ccccc3N1C2=O. The van der Waals surface area contributed by atoms with E-state index in [4.69, 9.17) is 9.47 Å². The van der Waals surface area contributed by atoms with Crippen LogP contribution in [0, 0.1) is 0 Å². The summed E-state index contributed by atoms with van der Waals surface area (Å²) in [6.07, 6.45) is 0.0760. The Morgan fingerprint density at radius 2 is 1.90 bits per heavy atom. The molecule has 2 aliphatic rings. The first kappa shape index (κ1) is 19.1. The van der Waals surface area contributed by atoms with Crippen molar-refractivity contribution in [1.82, 2.24) is 0 Å². The van der Waals surface area contributed by atoms with Crippen LogP contribution in [0.4, 0.5) is 16.2 Å². The third-order valence-electron chi connectivity index (χ3n) is 5.12. The number of phenolic OH excluding ortho intramolecular Hbond substituents is 1. The summed E-state index contributed by atoms with van der Waals surface area (Å²) in [6, 6.07) is 10.4. The van der Waals surface area contributed by atoms with Crippen molar-refractivity contribution in [3.63, 3.8) is 0 Å². The van der Waals surface area contributed by atoms with Crippen LogP contribution in [0.25, 0.3) is 0 Å². The first-order valence-corrected chi connectivity index (χ1v) is 9.52. The molecule has 0 unspecified atom stereocenters. The second-order valence-corrected chi connectivity index (χ2v) is 8.29. The monoisotopic (exact) mass is 396 g/mol. The van der Waals surface area contributed by atoms with Gasteiger partial charge in [0.15, 0.2) is 11.5 Å². The number of carbonyl (C=O) groups is 2. The van der Waals surface area contributed by atoms with Crippen LogP contribution in [0.15, 0.2) is 36.4 Å². The van der Waals surface area contributed by atoms with E-state index in [2.05, 4.69) is 0 Å². The number of para-hydroxylation sites is 1. The Morgan fingerprint density at radius 1 is 1.17 bits per heavy atom. The summed E-state index contributed by atoms with van der Waals surface area (Å²) in [5, 5.41) is 10.3. The summed E-state index contributed by atoms with van der Waals surface area (Å²) in [4.78, 5) is 29.7. The van der Waals surface area contributed by atoms with E-state index in [1.54, 1.807) is 25.7 Å². The minimum atomic E-state index is -0.694. The number of methoxy groups -OCH3 is 1. The van der Waals surface area contributed by atoms with Gasteiger partial charge >= 0.3 is 6.09 Å². The lowest BCUT2D eigenvalue weighted by Gasteiger charge is -2.29. The molecule has 4 rings (SSSR count). The highest BCUT2D eigenvalue weighted by Crippen LogP contribution is 2.42. The third kappa shape index (κ3) is 3.26. The molecule has 0 saturated carbocycles. The van der Waals surface area contributed by atoms with E-state index in [0.717, 1.165) is 11.3 Å². The Kier molecular flexibility index (Phi) is 4.41. The van der Waals surface area contributed by atoms with Crippen LogP contribution in [0.1, 0.15) is 36.7 Å². The van der Waals surface area contributed by atoms with Gasteiger partial charge in [-0.25, -0.2) is 4.79 Å². The number of aromatic hydroxyl groups is 1. The average Bonchev–Trinajstić information content (AvgIpc) is 2.96. The minimum Gasteiger partial charge on any atom is -0.504 e. The van der Waals surface area contributed by atoms with E-state index in [1.807, 2.05) is 24.3 Å². The molecule has 0 bridgehead atoms. The number of fused-ring (bicyclic) bond motifs is 4. The Bertz CT molecular complexity index is 995. The van der Waals surface area contributed by atoms with Crippen LogP contribution in [0.2, 0.25) is 0 Å². The number of phenols is 1. The number of nitrogens with zero attached hydrogens (tertiary/aromatic N) is 2. The van der Waals surface area contributed by atoms with E-state index in [-0.39, 0.29) is 35.6 Å². The number of hydrogen-bond donors (Lipinski definition) is 1. The molecule has 0 spiro atoms. The molecule has 0 saturated heterocycles. The summed E-state index contributed by atoms with van der Waals surface area (Å²) in [6.45, 7) is 5.63. The van der Waals surface area contributed by atoms with Gasteiger partial charge in [0.25, 0.3) is 5.91 Å². The molecular weight excluding hydrogens is 372 g/mol. The molecular formula is C22H24N2O5. The smallest absolute Gasteiger partial charge is 0.414 e. The predicted molar refractivity (Wildman–Crippen MR) is 109 cm³/mol. The maximum atomic E-state index is 13.5. The van der Waals surface area contributed by atoms with Crippen LogP contribution in [-0.2, 0) is 11.2 Å². The molecule has 2 heterocycles. The normalized spacial score (nSPS) is 17.9. The first-order chi connectivity index (χ1) is 13.7. The van der Waals surface area contributed by atoms with Gasteiger partial charge in [-0.2, -0.15) is 0 Å². The van der Waals surface area contributed by atoms with Crippen LogP contribution in [0.5, 0.6) is 11.5 Å². The van der Waals surface area contributed by atoms with Crippen molar-refractivity contribution in [3.05, 3.63) is 47.5 Å². The number of hydrogen-bond acceptors (Lipinski definition) is 5. The molecule has 1 atom stereocenters. The van der Waals surface area contributed by atoms with Crippen molar-refractivity contribution in [3.8, 4) is 11.5 Å². The van der Waals surface area contributed by atoms with E-state index >= 15 is 0 Å². The van der Waals surface area contributed by atoms with Crippen molar-refractivity contribution in [2.45, 2.75) is 38.8 Å². The molecule has 1 N–H and O–H groups in total. The Balaban J connectivity index is 1.86. The molecule has 2 amide bonds.